The van der Waals surface area contributed by atoms with Gasteiger partial charge in [-0.1, -0.05) is 25.1 Å². The first-order chi connectivity index (χ1) is 12.8. The van der Waals surface area contributed by atoms with Crippen LogP contribution < -0.4 is 0 Å². The Labute approximate surface area is 158 Å². The van der Waals surface area contributed by atoms with Gasteiger partial charge >= 0.3 is 6.18 Å². The smallest absolute Gasteiger partial charge is 0.338 e. The average Bonchev–Trinajstić information content (AvgIpc) is 2.67. The van der Waals surface area contributed by atoms with Crippen molar-refractivity contribution in [1.82, 2.24) is 9.80 Å². The molecule has 0 spiro atoms. The van der Waals surface area contributed by atoms with Crippen LogP contribution in [0.25, 0.3) is 5.57 Å². The van der Waals surface area contributed by atoms with Crippen LogP contribution in [0.1, 0.15) is 42.9 Å². The molecule has 0 bridgehead atoms. The van der Waals surface area contributed by atoms with Crippen molar-refractivity contribution >= 4 is 11.5 Å². The predicted molar refractivity (Wildman–Crippen MR) is 100 cm³/mol. The molecule has 2 aliphatic rings. The molecule has 3 nitrogen and oxygen atoms in total. The van der Waals surface area contributed by atoms with Gasteiger partial charge in [-0.05, 0) is 68.6 Å². The summed E-state index contributed by atoms with van der Waals surface area (Å²) in [5.41, 5.74) is 1.06. The van der Waals surface area contributed by atoms with Crippen LogP contribution in [0.4, 0.5) is 13.2 Å². The van der Waals surface area contributed by atoms with Crippen molar-refractivity contribution in [2.24, 2.45) is 5.92 Å². The van der Waals surface area contributed by atoms with Crippen molar-refractivity contribution in [3.05, 3.63) is 41.0 Å². The first-order valence-electron chi connectivity index (χ1n) is 9.66. The molecule has 148 valence electrons. The molecule has 3 rings (SSSR count). The summed E-state index contributed by atoms with van der Waals surface area (Å²) in [6.07, 6.45) is 0.182. The molecule has 1 amide bonds. The Hall–Kier alpha value is -1.82. The van der Waals surface area contributed by atoms with Crippen molar-refractivity contribution in [1.29, 1.82) is 0 Å². The fourth-order valence-electron chi connectivity index (χ4n) is 3.95. The molecule has 1 saturated heterocycles. The third kappa shape index (κ3) is 4.54. The second kappa shape index (κ2) is 8.05. The lowest BCUT2D eigenvalue weighted by Crippen LogP contribution is -2.43. The SMILES string of the molecule is CCc1ccc(C2=CCN(C(=O)C3CCN(C)CC3)CC2)c(C(F)(F)F)c1. The fourth-order valence-corrected chi connectivity index (χ4v) is 3.95. The average molecular weight is 380 g/mol. The molecule has 0 aliphatic carbocycles. The van der Waals surface area contributed by atoms with Gasteiger partial charge in [-0.3, -0.25) is 4.79 Å². The van der Waals surface area contributed by atoms with Crippen LogP contribution in [0, 0.1) is 5.92 Å². The Bertz CT molecular complexity index is 719. The number of carbonyl (C=O) groups excluding carboxylic acids is 1. The normalized spacial score (nSPS) is 19.9. The highest BCUT2D eigenvalue weighted by molar-refractivity contribution is 5.81. The molecule has 2 aliphatic heterocycles. The molecule has 2 heterocycles. The van der Waals surface area contributed by atoms with Crippen molar-refractivity contribution in [3.8, 4) is 0 Å². The molecular weight excluding hydrogens is 353 g/mol. The summed E-state index contributed by atoms with van der Waals surface area (Å²) in [6, 6.07) is 4.61. The molecule has 0 aromatic heterocycles. The third-order valence-corrected chi connectivity index (χ3v) is 5.73. The standard InChI is InChI=1S/C21H27F3N2O/c1-3-15-4-5-18(19(14-15)21(22,23)24)16-8-12-26(13-9-16)20(27)17-6-10-25(2)11-7-17/h4-5,8,14,17H,3,6-7,9-13H2,1-2H3. The first kappa shape index (κ1) is 19.9. The summed E-state index contributed by atoms with van der Waals surface area (Å²) in [5.74, 6) is 0.196. The Morgan fingerprint density at radius 1 is 1.19 bits per heavy atom. The van der Waals surface area contributed by atoms with E-state index < -0.39 is 11.7 Å². The summed E-state index contributed by atoms with van der Waals surface area (Å²) in [6.45, 7) is 4.58. The van der Waals surface area contributed by atoms with E-state index in [1.807, 2.05) is 6.92 Å². The Balaban J connectivity index is 1.75. The van der Waals surface area contributed by atoms with Gasteiger partial charge in [-0.15, -0.1) is 0 Å². The third-order valence-electron chi connectivity index (χ3n) is 5.73. The number of aryl methyl sites for hydroxylation is 1. The Morgan fingerprint density at radius 3 is 2.44 bits per heavy atom. The number of benzene rings is 1. The van der Waals surface area contributed by atoms with Gasteiger partial charge in [0.05, 0.1) is 5.56 Å². The number of halogens is 3. The topological polar surface area (TPSA) is 23.6 Å². The highest BCUT2D eigenvalue weighted by atomic mass is 19.4. The highest BCUT2D eigenvalue weighted by Gasteiger charge is 2.35. The summed E-state index contributed by atoms with van der Waals surface area (Å²) in [5, 5.41) is 0. The van der Waals surface area contributed by atoms with Crippen LogP contribution in [0.2, 0.25) is 0 Å². The van der Waals surface area contributed by atoms with Crippen molar-refractivity contribution < 1.29 is 18.0 Å². The van der Waals surface area contributed by atoms with Gasteiger partial charge in [-0.2, -0.15) is 13.2 Å². The van der Waals surface area contributed by atoms with Crippen LogP contribution in [0.5, 0.6) is 0 Å². The van der Waals surface area contributed by atoms with Crippen LogP contribution in [0.3, 0.4) is 0 Å². The minimum Gasteiger partial charge on any atom is -0.338 e. The van der Waals surface area contributed by atoms with E-state index in [1.54, 1.807) is 23.1 Å². The molecule has 1 fully saturated rings. The number of hydrogen-bond donors (Lipinski definition) is 0. The molecule has 0 atom stereocenters. The monoisotopic (exact) mass is 380 g/mol. The molecule has 1 aromatic rings. The van der Waals surface area contributed by atoms with E-state index in [0.717, 1.165) is 25.9 Å². The van der Waals surface area contributed by atoms with Gasteiger partial charge in [0, 0.05) is 19.0 Å². The zero-order valence-electron chi connectivity index (χ0n) is 16.0. The Morgan fingerprint density at radius 2 is 1.89 bits per heavy atom. The van der Waals surface area contributed by atoms with E-state index >= 15 is 0 Å². The van der Waals surface area contributed by atoms with Crippen molar-refractivity contribution in [3.63, 3.8) is 0 Å². The summed E-state index contributed by atoms with van der Waals surface area (Å²) in [4.78, 5) is 16.7. The maximum Gasteiger partial charge on any atom is 0.417 e. The van der Waals surface area contributed by atoms with E-state index in [2.05, 4.69) is 11.9 Å². The van der Waals surface area contributed by atoms with E-state index in [9.17, 15) is 18.0 Å². The van der Waals surface area contributed by atoms with Crippen LogP contribution in [-0.4, -0.2) is 48.9 Å². The number of nitrogens with zero attached hydrogens (tertiary/aromatic N) is 2. The molecule has 0 radical (unpaired) electrons. The van der Waals surface area contributed by atoms with E-state index in [-0.39, 0.29) is 17.4 Å². The largest absolute Gasteiger partial charge is 0.417 e. The zero-order chi connectivity index (χ0) is 19.6. The van der Waals surface area contributed by atoms with Crippen LogP contribution in [0.15, 0.2) is 24.3 Å². The number of hydrogen-bond acceptors (Lipinski definition) is 2. The maximum absolute atomic E-state index is 13.5. The number of alkyl halides is 3. The molecule has 27 heavy (non-hydrogen) atoms. The minimum atomic E-state index is -4.37. The maximum atomic E-state index is 13.5. The van der Waals surface area contributed by atoms with Crippen molar-refractivity contribution in [2.45, 2.75) is 38.8 Å². The second-order valence-electron chi connectivity index (χ2n) is 7.57. The molecular formula is C21H27F3N2O. The van der Waals surface area contributed by atoms with Crippen molar-refractivity contribution in [2.75, 3.05) is 33.2 Å². The summed E-state index contributed by atoms with van der Waals surface area (Å²) >= 11 is 0. The van der Waals surface area contributed by atoms with E-state index in [4.69, 9.17) is 0 Å². The molecule has 0 saturated carbocycles. The number of likely N-dealkylation sites (tertiary alicyclic amines) is 1. The number of carbonyl (C=O) groups is 1. The summed E-state index contributed by atoms with van der Waals surface area (Å²) < 4.78 is 40.5. The lowest BCUT2D eigenvalue weighted by molar-refractivity contribution is -0.138. The Kier molecular flexibility index (Phi) is 5.94. The predicted octanol–water partition coefficient (Wildman–Crippen LogP) is 4.23. The van der Waals surface area contributed by atoms with Gasteiger partial charge in [0.1, 0.15) is 0 Å². The van der Waals surface area contributed by atoms with E-state index in [1.165, 1.54) is 6.07 Å². The van der Waals surface area contributed by atoms with Gasteiger partial charge in [0.2, 0.25) is 5.91 Å². The number of amides is 1. The molecule has 1 aromatic carbocycles. The second-order valence-corrected chi connectivity index (χ2v) is 7.57. The lowest BCUT2D eigenvalue weighted by Gasteiger charge is -2.34. The molecule has 0 unspecified atom stereocenters. The van der Waals surface area contributed by atoms with Crippen LogP contribution >= 0.6 is 0 Å². The number of piperidine rings is 1. The quantitative estimate of drug-likeness (QED) is 0.784. The molecule has 0 N–H and O–H groups in total. The highest BCUT2D eigenvalue weighted by Crippen LogP contribution is 2.37. The van der Waals surface area contributed by atoms with Gasteiger partial charge in [-0.25, -0.2) is 0 Å². The summed E-state index contributed by atoms with van der Waals surface area (Å²) in [7, 11) is 2.05. The first-order valence-corrected chi connectivity index (χ1v) is 9.66. The van der Waals surface area contributed by atoms with Gasteiger partial charge in [0.25, 0.3) is 0 Å². The van der Waals surface area contributed by atoms with Gasteiger partial charge < -0.3 is 9.80 Å². The van der Waals surface area contributed by atoms with Gasteiger partial charge in [0.15, 0.2) is 0 Å². The van der Waals surface area contributed by atoms with Crippen LogP contribution in [-0.2, 0) is 17.4 Å². The zero-order valence-corrected chi connectivity index (χ0v) is 16.0. The molecule has 6 heteroatoms. The lowest BCUT2D eigenvalue weighted by atomic mass is 9.91. The fraction of sp³-hybridized carbons (Fsp3) is 0.571. The van der Waals surface area contributed by atoms with E-state index in [0.29, 0.717) is 37.1 Å². The number of rotatable bonds is 3. The minimum absolute atomic E-state index is 0.0470.